The van der Waals surface area contributed by atoms with Crippen molar-refractivity contribution < 1.29 is 14.3 Å². The molecule has 0 atom stereocenters. The van der Waals surface area contributed by atoms with Crippen LogP contribution >= 0.6 is 0 Å². The molecule has 1 N–H and O–H groups in total. The fourth-order valence-corrected chi connectivity index (χ4v) is 2.40. The average molecular weight is 308 g/mol. The largest absolute Gasteiger partial charge is 0.493 e. The lowest BCUT2D eigenvalue weighted by Gasteiger charge is -2.12. The molecule has 0 saturated heterocycles. The third-order valence-corrected chi connectivity index (χ3v) is 3.50. The fraction of sp³-hybridized carbons (Fsp3) is 0.111. The Morgan fingerprint density at radius 2 is 1.87 bits per heavy atom. The number of nitrogens with one attached hydrogen (secondary N) is 1. The summed E-state index contributed by atoms with van der Waals surface area (Å²) in [4.78, 5) is 16.9. The predicted molar refractivity (Wildman–Crippen MR) is 89.2 cm³/mol. The quantitative estimate of drug-likeness (QED) is 0.801. The summed E-state index contributed by atoms with van der Waals surface area (Å²) >= 11 is 0. The van der Waals surface area contributed by atoms with Crippen molar-refractivity contribution in [2.75, 3.05) is 19.5 Å². The van der Waals surface area contributed by atoms with E-state index in [4.69, 9.17) is 9.47 Å². The average Bonchev–Trinajstić information content (AvgIpc) is 2.60. The molecule has 0 fully saturated rings. The lowest BCUT2D eigenvalue weighted by atomic mass is 10.1. The predicted octanol–water partition coefficient (Wildman–Crippen LogP) is 3.50. The van der Waals surface area contributed by atoms with Crippen LogP contribution in [0, 0.1) is 0 Å². The van der Waals surface area contributed by atoms with E-state index < -0.39 is 0 Å². The smallest absolute Gasteiger partial charge is 0.259 e. The van der Waals surface area contributed by atoms with Gasteiger partial charge in [0.05, 0.1) is 37.2 Å². The molecule has 0 aliphatic heterocycles. The lowest BCUT2D eigenvalue weighted by Crippen LogP contribution is -2.13. The van der Waals surface area contributed by atoms with Gasteiger partial charge in [0.2, 0.25) is 0 Å². The van der Waals surface area contributed by atoms with Crippen LogP contribution < -0.4 is 14.8 Å². The number of rotatable bonds is 4. The topological polar surface area (TPSA) is 60.5 Å². The SMILES string of the molecule is COc1cccc(C(=O)Nc2cnc3ccccc3c2)c1OC. The van der Waals surface area contributed by atoms with Crippen molar-refractivity contribution in [2.45, 2.75) is 0 Å². The maximum atomic E-state index is 12.5. The lowest BCUT2D eigenvalue weighted by molar-refractivity contribution is 0.102. The van der Waals surface area contributed by atoms with Gasteiger partial charge in [0, 0.05) is 5.39 Å². The summed E-state index contributed by atoms with van der Waals surface area (Å²) in [5, 5.41) is 3.80. The third-order valence-electron chi connectivity index (χ3n) is 3.50. The monoisotopic (exact) mass is 308 g/mol. The summed E-state index contributed by atoms with van der Waals surface area (Å²) in [7, 11) is 3.04. The molecule has 3 rings (SSSR count). The van der Waals surface area contributed by atoms with Crippen molar-refractivity contribution in [3.05, 3.63) is 60.3 Å². The van der Waals surface area contributed by atoms with Gasteiger partial charge < -0.3 is 14.8 Å². The highest BCUT2D eigenvalue weighted by molar-refractivity contribution is 6.07. The zero-order valence-electron chi connectivity index (χ0n) is 12.9. The Bertz CT molecular complexity index is 862. The molecule has 3 aromatic rings. The fourth-order valence-electron chi connectivity index (χ4n) is 2.40. The standard InChI is InChI=1S/C18H16N2O3/c1-22-16-9-5-7-14(17(16)23-2)18(21)20-13-10-12-6-3-4-8-15(12)19-11-13/h3-11H,1-2H3,(H,20,21). The minimum atomic E-state index is -0.280. The van der Waals surface area contributed by atoms with Crippen LogP contribution in [0.3, 0.4) is 0 Å². The highest BCUT2D eigenvalue weighted by Crippen LogP contribution is 2.31. The molecular formula is C18H16N2O3. The summed E-state index contributed by atoms with van der Waals surface area (Å²) < 4.78 is 10.5. The van der Waals surface area contributed by atoms with Crippen molar-refractivity contribution in [1.82, 2.24) is 4.98 Å². The molecule has 1 aromatic heterocycles. The van der Waals surface area contributed by atoms with Gasteiger partial charge in [-0.2, -0.15) is 0 Å². The van der Waals surface area contributed by atoms with Crippen LogP contribution in [-0.4, -0.2) is 25.1 Å². The van der Waals surface area contributed by atoms with Gasteiger partial charge in [-0.25, -0.2) is 0 Å². The van der Waals surface area contributed by atoms with Gasteiger partial charge in [0.25, 0.3) is 5.91 Å². The van der Waals surface area contributed by atoms with Crippen molar-refractivity contribution in [3.8, 4) is 11.5 Å². The first-order valence-corrected chi connectivity index (χ1v) is 7.10. The minimum Gasteiger partial charge on any atom is -0.493 e. The second-order valence-corrected chi connectivity index (χ2v) is 4.91. The van der Waals surface area contributed by atoms with E-state index >= 15 is 0 Å². The molecule has 1 amide bonds. The molecule has 0 aliphatic carbocycles. The van der Waals surface area contributed by atoms with Crippen molar-refractivity contribution in [2.24, 2.45) is 0 Å². The van der Waals surface area contributed by atoms with Gasteiger partial charge in [-0.05, 0) is 24.3 Å². The zero-order chi connectivity index (χ0) is 16.2. The molecule has 5 heteroatoms. The molecule has 2 aromatic carbocycles. The molecule has 1 heterocycles. The number of amides is 1. The molecule has 0 spiro atoms. The number of carbonyl (C=O) groups excluding carboxylic acids is 1. The Morgan fingerprint density at radius 3 is 2.65 bits per heavy atom. The zero-order valence-corrected chi connectivity index (χ0v) is 12.9. The van der Waals surface area contributed by atoms with Crippen LogP contribution in [0.15, 0.2) is 54.7 Å². The minimum absolute atomic E-state index is 0.280. The first-order chi connectivity index (χ1) is 11.2. The van der Waals surface area contributed by atoms with Crippen LogP contribution in [0.5, 0.6) is 11.5 Å². The highest BCUT2D eigenvalue weighted by atomic mass is 16.5. The first-order valence-electron chi connectivity index (χ1n) is 7.10. The number of benzene rings is 2. The number of aromatic nitrogens is 1. The van der Waals surface area contributed by atoms with E-state index in [0.29, 0.717) is 22.7 Å². The van der Waals surface area contributed by atoms with E-state index in [0.717, 1.165) is 10.9 Å². The molecule has 0 saturated carbocycles. The number of pyridine rings is 1. The molecule has 0 aliphatic rings. The number of anilines is 1. The molecule has 23 heavy (non-hydrogen) atoms. The summed E-state index contributed by atoms with van der Waals surface area (Å²) in [5.41, 5.74) is 1.91. The van der Waals surface area contributed by atoms with Crippen LogP contribution in [0.4, 0.5) is 5.69 Å². The Kier molecular flexibility index (Phi) is 4.10. The number of ether oxygens (including phenoxy) is 2. The summed E-state index contributed by atoms with van der Waals surface area (Å²) in [6.45, 7) is 0. The number of hydrogen-bond acceptors (Lipinski definition) is 4. The third kappa shape index (κ3) is 2.94. The molecule has 0 bridgehead atoms. The molecule has 5 nitrogen and oxygen atoms in total. The second-order valence-electron chi connectivity index (χ2n) is 4.91. The van der Waals surface area contributed by atoms with Crippen LogP contribution in [-0.2, 0) is 0 Å². The number of nitrogens with zero attached hydrogens (tertiary/aromatic N) is 1. The van der Waals surface area contributed by atoms with Crippen LogP contribution in [0.25, 0.3) is 10.9 Å². The van der Waals surface area contributed by atoms with E-state index in [1.54, 1.807) is 24.4 Å². The summed E-state index contributed by atoms with van der Waals surface area (Å²) in [5.74, 6) is 0.635. The van der Waals surface area contributed by atoms with Gasteiger partial charge >= 0.3 is 0 Å². The Labute approximate surface area is 133 Å². The molecular weight excluding hydrogens is 292 g/mol. The van der Waals surface area contributed by atoms with E-state index in [9.17, 15) is 4.79 Å². The van der Waals surface area contributed by atoms with E-state index in [-0.39, 0.29) is 5.91 Å². The normalized spacial score (nSPS) is 10.3. The molecule has 0 unspecified atom stereocenters. The molecule has 116 valence electrons. The van der Waals surface area contributed by atoms with Gasteiger partial charge in [-0.15, -0.1) is 0 Å². The summed E-state index contributed by atoms with van der Waals surface area (Å²) in [6.07, 6.45) is 1.63. The Hall–Kier alpha value is -3.08. The number of fused-ring (bicyclic) bond motifs is 1. The second kappa shape index (κ2) is 6.36. The maximum Gasteiger partial charge on any atom is 0.259 e. The number of hydrogen-bond donors (Lipinski definition) is 1. The van der Waals surface area contributed by atoms with Crippen LogP contribution in [0.2, 0.25) is 0 Å². The highest BCUT2D eigenvalue weighted by Gasteiger charge is 2.16. The van der Waals surface area contributed by atoms with E-state index in [1.165, 1.54) is 14.2 Å². The van der Waals surface area contributed by atoms with E-state index in [2.05, 4.69) is 10.3 Å². The first kappa shape index (κ1) is 14.8. The number of para-hydroxylation sites is 2. The van der Waals surface area contributed by atoms with Crippen molar-refractivity contribution >= 4 is 22.5 Å². The van der Waals surface area contributed by atoms with Crippen LogP contribution in [0.1, 0.15) is 10.4 Å². The van der Waals surface area contributed by atoms with E-state index in [1.807, 2.05) is 30.3 Å². The Morgan fingerprint density at radius 1 is 1.04 bits per heavy atom. The van der Waals surface area contributed by atoms with Crippen molar-refractivity contribution in [3.63, 3.8) is 0 Å². The number of carbonyl (C=O) groups is 1. The Balaban J connectivity index is 1.91. The van der Waals surface area contributed by atoms with Crippen molar-refractivity contribution in [1.29, 1.82) is 0 Å². The van der Waals surface area contributed by atoms with Gasteiger partial charge in [0.1, 0.15) is 0 Å². The number of methoxy groups -OCH3 is 2. The van der Waals surface area contributed by atoms with Gasteiger partial charge in [-0.1, -0.05) is 24.3 Å². The van der Waals surface area contributed by atoms with Gasteiger partial charge in [0.15, 0.2) is 11.5 Å². The maximum absolute atomic E-state index is 12.5. The van der Waals surface area contributed by atoms with Gasteiger partial charge in [-0.3, -0.25) is 9.78 Å². The summed E-state index contributed by atoms with van der Waals surface area (Å²) in [6, 6.07) is 14.8. The molecule has 0 radical (unpaired) electrons.